The topological polar surface area (TPSA) is 86.7 Å². The predicted molar refractivity (Wildman–Crippen MR) is 43.0 cm³/mol. The Morgan fingerprint density at radius 3 is 1.29 bits per heavy atom. The summed E-state index contributed by atoms with van der Waals surface area (Å²) in [6.45, 7) is 3.04. The van der Waals surface area contributed by atoms with Crippen LogP contribution in [0.3, 0.4) is 0 Å². The molecule has 0 aliphatic carbocycles. The van der Waals surface area contributed by atoms with E-state index in [0.717, 1.165) is 0 Å². The van der Waals surface area contributed by atoms with Crippen molar-refractivity contribution in [3.63, 3.8) is 0 Å². The van der Waals surface area contributed by atoms with E-state index in [1.807, 2.05) is 0 Å². The molecule has 0 fully saturated rings. The van der Waals surface area contributed by atoms with Crippen LogP contribution >= 0.6 is 0 Å². The van der Waals surface area contributed by atoms with E-state index in [4.69, 9.17) is 0 Å². The Kier molecular flexibility index (Phi) is 1.70. The second-order valence-electron chi connectivity index (χ2n) is 2.68. The highest BCUT2D eigenvalue weighted by Gasteiger charge is 2.19. The van der Waals surface area contributed by atoms with Crippen molar-refractivity contribution >= 4 is 0 Å². The molecule has 14 heavy (non-hydrogen) atoms. The summed E-state index contributed by atoms with van der Waals surface area (Å²) in [7, 11) is 0. The summed E-state index contributed by atoms with van der Waals surface area (Å²) in [5.74, 6) is -1.05. The largest absolute Gasteiger partial charge is 0.519 e. The Morgan fingerprint density at radius 1 is 0.714 bits per heavy atom. The third-order valence-corrected chi connectivity index (χ3v) is 1.69. The first-order valence-electron chi connectivity index (χ1n) is 3.79. The Balaban J connectivity index is 2.70. The molecule has 2 rings (SSSR count). The summed E-state index contributed by atoms with van der Waals surface area (Å²) >= 11 is 0. The average molecular weight is 198 g/mol. The minimum absolute atomic E-state index is 0.0818. The first-order chi connectivity index (χ1) is 6.58. The SMILES string of the molecule is Cc1oc(=O)oc1-c1oc(=O)oc1C. The zero-order valence-electron chi connectivity index (χ0n) is 7.45. The lowest BCUT2D eigenvalue weighted by molar-refractivity contribution is 0.369. The van der Waals surface area contributed by atoms with Crippen LogP contribution in [0, 0.1) is 13.8 Å². The molecule has 74 valence electrons. The summed E-state index contributed by atoms with van der Waals surface area (Å²) in [6.07, 6.45) is 0. The van der Waals surface area contributed by atoms with Gasteiger partial charge in [-0.2, -0.15) is 0 Å². The van der Waals surface area contributed by atoms with Gasteiger partial charge in [0.05, 0.1) is 0 Å². The Bertz CT molecular complexity index is 511. The van der Waals surface area contributed by atoms with E-state index in [1.165, 1.54) is 13.8 Å². The van der Waals surface area contributed by atoms with Gasteiger partial charge in [-0.05, 0) is 13.8 Å². The molecule has 0 spiro atoms. The maximum Gasteiger partial charge on any atom is 0.519 e. The summed E-state index contributed by atoms with van der Waals surface area (Å²) in [5.41, 5.74) is 0. The molecule has 0 saturated carbocycles. The van der Waals surface area contributed by atoms with E-state index < -0.39 is 11.6 Å². The van der Waals surface area contributed by atoms with Crippen LogP contribution in [0.15, 0.2) is 27.3 Å². The molecule has 0 atom stereocenters. The van der Waals surface area contributed by atoms with E-state index in [2.05, 4.69) is 17.7 Å². The zero-order chi connectivity index (χ0) is 10.3. The lowest BCUT2D eigenvalue weighted by atomic mass is 10.3. The zero-order valence-corrected chi connectivity index (χ0v) is 7.45. The van der Waals surface area contributed by atoms with Crippen molar-refractivity contribution in [1.29, 1.82) is 0 Å². The van der Waals surface area contributed by atoms with Crippen molar-refractivity contribution in [1.82, 2.24) is 0 Å². The van der Waals surface area contributed by atoms with E-state index in [0.29, 0.717) is 0 Å². The fraction of sp³-hybridized carbons (Fsp3) is 0.250. The normalized spacial score (nSPS) is 10.7. The monoisotopic (exact) mass is 198 g/mol. The fourth-order valence-electron chi connectivity index (χ4n) is 1.11. The molecule has 0 unspecified atom stereocenters. The molecule has 0 radical (unpaired) electrons. The van der Waals surface area contributed by atoms with Gasteiger partial charge in [-0.3, -0.25) is 0 Å². The van der Waals surface area contributed by atoms with Crippen molar-refractivity contribution in [3.8, 4) is 11.5 Å². The van der Waals surface area contributed by atoms with Gasteiger partial charge in [-0.15, -0.1) is 0 Å². The highest BCUT2D eigenvalue weighted by molar-refractivity contribution is 5.52. The molecule has 0 aromatic carbocycles. The van der Waals surface area contributed by atoms with Gasteiger partial charge >= 0.3 is 11.6 Å². The second-order valence-corrected chi connectivity index (χ2v) is 2.68. The van der Waals surface area contributed by atoms with Crippen LogP contribution in [0.4, 0.5) is 0 Å². The molecule has 0 aliphatic rings. The Labute approximate surface area is 76.7 Å². The fourth-order valence-corrected chi connectivity index (χ4v) is 1.11. The van der Waals surface area contributed by atoms with Crippen LogP contribution < -0.4 is 11.6 Å². The molecular formula is C8H6O6. The van der Waals surface area contributed by atoms with Gasteiger partial charge in [0.15, 0.2) is 11.5 Å². The van der Waals surface area contributed by atoms with Gasteiger partial charge in [0.2, 0.25) is 11.5 Å². The van der Waals surface area contributed by atoms with Crippen molar-refractivity contribution < 1.29 is 17.7 Å². The van der Waals surface area contributed by atoms with E-state index >= 15 is 0 Å². The smallest absolute Gasteiger partial charge is 0.395 e. The summed E-state index contributed by atoms with van der Waals surface area (Å²) in [6, 6.07) is 0. The van der Waals surface area contributed by atoms with Crippen molar-refractivity contribution in [3.05, 3.63) is 32.8 Å². The van der Waals surface area contributed by atoms with E-state index in [-0.39, 0.29) is 23.0 Å². The van der Waals surface area contributed by atoms with Crippen molar-refractivity contribution in [2.24, 2.45) is 0 Å². The first kappa shape index (κ1) is 8.61. The molecule has 6 heteroatoms. The maximum atomic E-state index is 10.7. The molecule has 0 N–H and O–H groups in total. The highest BCUT2D eigenvalue weighted by Crippen LogP contribution is 2.24. The molecule has 6 nitrogen and oxygen atoms in total. The van der Waals surface area contributed by atoms with Crippen LogP contribution in [-0.4, -0.2) is 0 Å². The third kappa shape index (κ3) is 1.20. The summed E-state index contributed by atoms with van der Waals surface area (Å²) < 4.78 is 18.6. The number of rotatable bonds is 1. The van der Waals surface area contributed by atoms with Gasteiger partial charge in [0.1, 0.15) is 0 Å². The van der Waals surface area contributed by atoms with Crippen molar-refractivity contribution in [2.45, 2.75) is 13.8 Å². The minimum Gasteiger partial charge on any atom is -0.395 e. The average Bonchev–Trinajstić information content (AvgIpc) is 2.55. The number of aryl methyl sites for hydroxylation is 2. The standard InChI is InChI=1S/C8H6O6/c1-3-5(13-7(9)11-3)6-4(2)12-8(10)14-6/h1-2H3. The molecule has 2 aromatic rings. The molecule has 2 heterocycles. The van der Waals surface area contributed by atoms with Crippen LogP contribution in [0.1, 0.15) is 11.5 Å². The van der Waals surface area contributed by atoms with Crippen LogP contribution in [0.5, 0.6) is 0 Å². The maximum absolute atomic E-state index is 10.7. The van der Waals surface area contributed by atoms with Crippen LogP contribution in [-0.2, 0) is 0 Å². The third-order valence-electron chi connectivity index (χ3n) is 1.69. The van der Waals surface area contributed by atoms with Gasteiger partial charge < -0.3 is 17.7 Å². The van der Waals surface area contributed by atoms with Gasteiger partial charge in [-0.25, -0.2) is 9.59 Å². The number of hydrogen-bond acceptors (Lipinski definition) is 6. The first-order valence-corrected chi connectivity index (χ1v) is 3.79. The number of hydrogen-bond donors (Lipinski definition) is 0. The van der Waals surface area contributed by atoms with Gasteiger partial charge in [0.25, 0.3) is 0 Å². The molecular weight excluding hydrogens is 192 g/mol. The summed E-state index contributed by atoms with van der Waals surface area (Å²) in [4.78, 5) is 21.4. The molecule has 0 amide bonds. The van der Waals surface area contributed by atoms with E-state index in [1.54, 1.807) is 0 Å². The van der Waals surface area contributed by atoms with Gasteiger partial charge in [-0.1, -0.05) is 0 Å². The summed E-state index contributed by atoms with van der Waals surface area (Å²) in [5, 5.41) is 0. The van der Waals surface area contributed by atoms with Crippen molar-refractivity contribution in [2.75, 3.05) is 0 Å². The Hall–Kier alpha value is -1.98. The molecule has 2 aromatic heterocycles. The molecule has 0 aliphatic heterocycles. The lowest BCUT2D eigenvalue weighted by Crippen LogP contribution is -1.86. The predicted octanol–water partition coefficient (Wildman–Crippen LogP) is 1.06. The Morgan fingerprint density at radius 2 is 1.07 bits per heavy atom. The molecule has 0 bridgehead atoms. The quantitative estimate of drug-likeness (QED) is 0.680. The minimum atomic E-state index is -0.847. The highest BCUT2D eigenvalue weighted by atomic mass is 16.6. The van der Waals surface area contributed by atoms with E-state index in [9.17, 15) is 9.59 Å². The lowest BCUT2D eigenvalue weighted by Gasteiger charge is -1.87. The molecule has 0 saturated heterocycles. The van der Waals surface area contributed by atoms with Crippen LogP contribution in [0.2, 0.25) is 0 Å². The van der Waals surface area contributed by atoms with Gasteiger partial charge in [0, 0.05) is 0 Å². The second kappa shape index (κ2) is 2.76. The van der Waals surface area contributed by atoms with Crippen LogP contribution in [0.25, 0.3) is 11.5 Å².